The van der Waals surface area contributed by atoms with E-state index in [0.717, 1.165) is 46.6 Å². The van der Waals surface area contributed by atoms with Gasteiger partial charge in [0.2, 0.25) is 0 Å². The van der Waals surface area contributed by atoms with Crippen molar-refractivity contribution in [2.75, 3.05) is 6.61 Å². The number of aromatic nitrogens is 2. The zero-order valence-electron chi connectivity index (χ0n) is 18.4. The normalized spacial score (nSPS) is 11.6. The summed E-state index contributed by atoms with van der Waals surface area (Å²) in [5.74, 6) is 1.14. The van der Waals surface area contributed by atoms with E-state index < -0.39 is 11.6 Å². The summed E-state index contributed by atoms with van der Waals surface area (Å²) in [4.78, 5) is 11.4. The van der Waals surface area contributed by atoms with Gasteiger partial charge in [-0.2, -0.15) is 0 Å². The monoisotopic (exact) mass is 434 g/mol. The lowest BCUT2D eigenvalue weighted by Crippen LogP contribution is -2.37. The zero-order chi connectivity index (χ0) is 22.7. The lowest BCUT2D eigenvalue weighted by molar-refractivity contribution is -0.152. The summed E-state index contributed by atoms with van der Waals surface area (Å²) in [6.45, 7) is 6.30. The van der Waals surface area contributed by atoms with Crippen LogP contribution in [-0.2, 0) is 11.3 Å². The average molecular weight is 434 g/mol. The Labute approximate surface area is 186 Å². The molecule has 0 bridgehead atoms. The molecule has 0 radical (unpaired) electrons. The third-order valence-corrected chi connectivity index (χ3v) is 5.24. The van der Waals surface area contributed by atoms with E-state index in [1.165, 1.54) is 0 Å². The van der Waals surface area contributed by atoms with Crippen LogP contribution in [0.15, 0.2) is 65.3 Å². The molecule has 2 heterocycles. The van der Waals surface area contributed by atoms with Crippen LogP contribution in [0, 0.1) is 6.92 Å². The Balaban J connectivity index is 1.35. The van der Waals surface area contributed by atoms with Crippen LogP contribution in [0.2, 0.25) is 0 Å². The van der Waals surface area contributed by atoms with Gasteiger partial charge in [-0.1, -0.05) is 11.2 Å². The highest BCUT2D eigenvalue weighted by atomic mass is 16.5. The number of rotatable bonds is 9. The first-order valence-electron chi connectivity index (χ1n) is 10.5. The molecule has 0 aliphatic rings. The van der Waals surface area contributed by atoms with Crippen molar-refractivity contribution in [1.29, 1.82) is 0 Å². The molecule has 2 aromatic carbocycles. The number of carbonyl (C=O) groups is 1. The van der Waals surface area contributed by atoms with E-state index in [0.29, 0.717) is 12.4 Å². The molecule has 7 nitrogen and oxygen atoms in total. The number of ether oxygens (including phenoxy) is 2. The standard InChI is InChI=1S/C25H26N2O5/c1-17-16-21(26-32-17)18-8-10-19(11-9-18)30-15-5-13-27-14-12-20-22(27)6-4-7-23(20)31-25(2,3)24(28)29/h4,6-12,14,16H,5,13,15H2,1-3H3,(H,28,29). The molecule has 1 N–H and O–H groups in total. The first-order chi connectivity index (χ1) is 15.3. The van der Waals surface area contributed by atoms with Crippen molar-refractivity contribution >= 4 is 16.9 Å². The number of aryl methyl sites for hydroxylation is 2. The van der Waals surface area contributed by atoms with Crippen LogP contribution in [0.1, 0.15) is 26.0 Å². The Morgan fingerprint density at radius 2 is 1.94 bits per heavy atom. The fourth-order valence-corrected chi connectivity index (χ4v) is 3.45. The lowest BCUT2D eigenvalue weighted by Gasteiger charge is -2.22. The molecule has 4 aromatic rings. The number of hydrogen-bond donors (Lipinski definition) is 1. The molecule has 166 valence electrons. The van der Waals surface area contributed by atoms with Crippen LogP contribution < -0.4 is 9.47 Å². The average Bonchev–Trinajstić information content (AvgIpc) is 3.38. The molecule has 0 saturated heterocycles. The van der Waals surface area contributed by atoms with E-state index in [9.17, 15) is 9.90 Å². The van der Waals surface area contributed by atoms with E-state index in [4.69, 9.17) is 14.0 Å². The quantitative estimate of drug-likeness (QED) is 0.359. The van der Waals surface area contributed by atoms with Crippen molar-refractivity contribution in [3.8, 4) is 22.8 Å². The molecule has 0 spiro atoms. The molecule has 7 heteroatoms. The van der Waals surface area contributed by atoms with Crippen molar-refractivity contribution in [3.63, 3.8) is 0 Å². The minimum atomic E-state index is -1.30. The van der Waals surface area contributed by atoms with E-state index in [-0.39, 0.29) is 0 Å². The minimum absolute atomic E-state index is 0.562. The van der Waals surface area contributed by atoms with E-state index in [1.807, 2.05) is 61.7 Å². The summed E-state index contributed by atoms with van der Waals surface area (Å²) in [5.41, 5.74) is 1.49. The van der Waals surface area contributed by atoms with Crippen LogP contribution in [-0.4, -0.2) is 33.0 Å². The molecule has 0 fully saturated rings. The highest BCUT2D eigenvalue weighted by molar-refractivity contribution is 5.87. The largest absolute Gasteiger partial charge is 0.494 e. The van der Waals surface area contributed by atoms with Gasteiger partial charge in [-0.25, -0.2) is 4.79 Å². The van der Waals surface area contributed by atoms with Gasteiger partial charge in [0.1, 0.15) is 23.0 Å². The fraction of sp³-hybridized carbons (Fsp3) is 0.280. The van der Waals surface area contributed by atoms with Crippen LogP contribution in [0.25, 0.3) is 22.2 Å². The van der Waals surface area contributed by atoms with Gasteiger partial charge < -0.3 is 23.7 Å². The van der Waals surface area contributed by atoms with Crippen molar-refractivity contribution in [3.05, 3.63) is 66.6 Å². The third-order valence-electron chi connectivity index (χ3n) is 5.24. The highest BCUT2D eigenvalue weighted by Gasteiger charge is 2.30. The van der Waals surface area contributed by atoms with Gasteiger partial charge >= 0.3 is 5.97 Å². The summed E-state index contributed by atoms with van der Waals surface area (Å²) in [6.07, 6.45) is 2.81. The topological polar surface area (TPSA) is 86.7 Å². The van der Waals surface area contributed by atoms with Crippen molar-refractivity contribution in [2.45, 2.75) is 39.3 Å². The summed E-state index contributed by atoms with van der Waals surface area (Å²) in [6, 6.07) is 17.3. The third kappa shape index (κ3) is 4.61. The highest BCUT2D eigenvalue weighted by Crippen LogP contribution is 2.30. The molecule has 0 aliphatic carbocycles. The summed E-state index contributed by atoms with van der Waals surface area (Å²) in [5, 5.41) is 14.3. The Bertz CT molecular complexity index is 1220. The number of hydrogen-bond acceptors (Lipinski definition) is 5. The number of fused-ring (bicyclic) bond motifs is 1. The predicted molar refractivity (Wildman–Crippen MR) is 121 cm³/mol. The van der Waals surface area contributed by atoms with E-state index in [1.54, 1.807) is 19.9 Å². The maximum atomic E-state index is 11.4. The van der Waals surface area contributed by atoms with Gasteiger partial charge in [-0.3, -0.25) is 0 Å². The van der Waals surface area contributed by atoms with E-state index >= 15 is 0 Å². The number of aliphatic carboxylic acids is 1. The lowest BCUT2D eigenvalue weighted by atomic mass is 10.1. The van der Waals surface area contributed by atoms with Gasteiger partial charge in [0, 0.05) is 29.8 Å². The van der Waals surface area contributed by atoms with Gasteiger partial charge in [0.25, 0.3) is 0 Å². The van der Waals surface area contributed by atoms with Gasteiger partial charge in [-0.05, 0) is 69.7 Å². The van der Waals surface area contributed by atoms with Gasteiger partial charge in [0.15, 0.2) is 5.60 Å². The van der Waals surface area contributed by atoms with Crippen LogP contribution in [0.5, 0.6) is 11.5 Å². The number of benzene rings is 2. The number of carboxylic acids is 1. The predicted octanol–water partition coefficient (Wildman–Crippen LogP) is 5.32. The molecule has 0 atom stereocenters. The van der Waals surface area contributed by atoms with Crippen molar-refractivity contribution in [1.82, 2.24) is 9.72 Å². The van der Waals surface area contributed by atoms with Crippen molar-refractivity contribution in [2.24, 2.45) is 0 Å². The second-order valence-corrected chi connectivity index (χ2v) is 8.16. The molecule has 0 amide bonds. The molecule has 0 aliphatic heterocycles. The molecule has 0 unspecified atom stereocenters. The van der Waals surface area contributed by atoms with Crippen molar-refractivity contribution < 1.29 is 23.9 Å². The Hall–Kier alpha value is -3.74. The maximum Gasteiger partial charge on any atom is 0.347 e. The Morgan fingerprint density at radius 1 is 1.16 bits per heavy atom. The summed E-state index contributed by atoms with van der Waals surface area (Å²) >= 11 is 0. The number of nitrogens with zero attached hydrogens (tertiary/aromatic N) is 2. The molecular formula is C25H26N2O5. The van der Waals surface area contributed by atoms with E-state index in [2.05, 4.69) is 9.72 Å². The Kier molecular flexibility index (Phi) is 5.90. The van der Waals surface area contributed by atoms with Gasteiger partial charge in [0.05, 0.1) is 12.1 Å². The SMILES string of the molecule is Cc1cc(-c2ccc(OCCCn3ccc4c(OC(C)(C)C(=O)O)cccc43)cc2)no1. The second-order valence-electron chi connectivity index (χ2n) is 8.16. The first kappa shape index (κ1) is 21.5. The molecule has 32 heavy (non-hydrogen) atoms. The smallest absolute Gasteiger partial charge is 0.347 e. The maximum absolute atomic E-state index is 11.4. The summed E-state index contributed by atoms with van der Waals surface area (Å²) in [7, 11) is 0. The van der Waals surface area contributed by atoms with Crippen LogP contribution in [0.3, 0.4) is 0 Å². The minimum Gasteiger partial charge on any atom is -0.494 e. The van der Waals surface area contributed by atoms with Crippen LogP contribution >= 0.6 is 0 Å². The number of carboxylic acid groups (broad SMARTS) is 1. The molecule has 0 saturated carbocycles. The summed E-state index contributed by atoms with van der Waals surface area (Å²) < 4.78 is 18.9. The second kappa shape index (κ2) is 8.78. The van der Waals surface area contributed by atoms with Crippen LogP contribution in [0.4, 0.5) is 0 Å². The molecule has 4 rings (SSSR count). The first-order valence-corrected chi connectivity index (χ1v) is 10.5. The zero-order valence-corrected chi connectivity index (χ0v) is 18.4. The van der Waals surface area contributed by atoms with Gasteiger partial charge in [-0.15, -0.1) is 0 Å². The molecule has 2 aromatic heterocycles. The Morgan fingerprint density at radius 3 is 2.62 bits per heavy atom. The fourth-order valence-electron chi connectivity index (χ4n) is 3.45. The molecular weight excluding hydrogens is 408 g/mol.